The van der Waals surface area contributed by atoms with Crippen molar-refractivity contribution in [2.24, 2.45) is 5.92 Å². The standard InChI is InChI=1S/C21H29N3O3/c1-4-26-18-10-15-8-9-24(12-16(15)11-19(18)27-5-2)13-20(25)23-21(3,14-22)17-6-7-17/h10-11,17H,4-9,12-13H2,1-3H3,(H,23,25)/t21-/m0/s1. The normalized spacial score (nSPS) is 18.7. The van der Waals surface area contributed by atoms with E-state index in [4.69, 9.17) is 9.47 Å². The molecule has 3 rings (SSSR count). The fourth-order valence-electron chi connectivity index (χ4n) is 3.71. The Morgan fingerprint density at radius 3 is 2.44 bits per heavy atom. The molecule has 6 heteroatoms. The third-order valence-electron chi connectivity index (χ3n) is 5.35. The lowest BCUT2D eigenvalue weighted by Gasteiger charge is -2.30. The van der Waals surface area contributed by atoms with Crippen LogP contribution in [0, 0.1) is 17.2 Å². The van der Waals surface area contributed by atoms with Crippen LogP contribution < -0.4 is 14.8 Å². The predicted molar refractivity (Wildman–Crippen MR) is 103 cm³/mol. The molecule has 0 saturated heterocycles. The largest absolute Gasteiger partial charge is 0.490 e. The first kappa shape index (κ1) is 19.5. The summed E-state index contributed by atoms with van der Waals surface area (Å²) >= 11 is 0. The number of hydrogen-bond acceptors (Lipinski definition) is 5. The van der Waals surface area contributed by atoms with Gasteiger partial charge in [0.1, 0.15) is 5.54 Å². The minimum Gasteiger partial charge on any atom is -0.490 e. The molecule has 0 aromatic heterocycles. The van der Waals surface area contributed by atoms with E-state index in [1.807, 2.05) is 26.8 Å². The predicted octanol–water partition coefficient (Wildman–Crippen LogP) is 2.65. The van der Waals surface area contributed by atoms with Gasteiger partial charge in [-0.3, -0.25) is 9.69 Å². The first-order chi connectivity index (χ1) is 13.0. The van der Waals surface area contributed by atoms with Crippen LogP contribution in [0.25, 0.3) is 0 Å². The van der Waals surface area contributed by atoms with E-state index in [1.54, 1.807) is 0 Å². The van der Waals surface area contributed by atoms with Gasteiger partial charge in [-0.25, -0.2) is 0 Å². The summed E-state index contributed by atoms with van der Waals surface area (Å²) in [6, 6.07) is 6.39. The number of nitrogens with one attached hydrogen (secondary N) is 1. The maximum Gasteiger partial charge on any atom is 0.235 e. The van der Waals surface area contributed by atoms with Gasteiger partial charge in [-0.1, -0.05) is 0 Å². The van der Waals surface area contributed by atoms with Crippen molar-refractivity contribution < 1.29 is 14.3 Å². The number of hydrogen-bond donors (Lipinski definition) is 1. The third-order valence-corrected chi connectivity index (χ3v) is 5.35. The molecule has 0 unspecified atom stereocenters. The summed E-state index contributed by atoms with van der Waals surface area (Å²) in [5.74, 6) is 1.76. The van der Waals surface area contributed by atoms with Crippen molar-refractivity contribution in [1.29, 1.82) is 5.26 Å². The molecule has 146 valence electrons. The van der Waals surface area contributed by atoms with Gasteiger partial charge in [0, 0.05) is 13.1 Å². The second-order valence-electron chi connectivity index (χ2n) is 7.53. The number of carbonyl (C=O) groups is 1. The Morgan fingerprint density at radius 2 is 1.89 bits per heavy atom. The Bertz CT molecular complexity index is 739. The molecule has 1 aromatic carbocycles. The molecule has 1 heterocycles. The molecule has 0 radical (unpaired) electrons. The van der Waals surface area contributed by atoms with Gasteiger partial charge in [0.15, 0.2) is 11.5 Å². The van der Waals surface area contributed by atoms with E-state index in [0.717, 1.165) is 37.3 Å². The maximum atomic E-state index is 12.5. The molecule has 0 spiro atoms. The molecule has 1 saturated carbocycles. The summed E-state index contributed by atoms with van der Waals surface area (Å²) in [6.07, 6.45) is 2.90. The van der Waals surface area contributed by atoms with Gasteiger partial charge in [-0.15, -0.1) is 0 Å². The second-order valence-corrected chi connectivity index (χ2v) is 7.53. The van der Waals surface area contributed by atoms with Crippen molar-refractivity contribution in [3.8, 4) is 17.6 Å². The summed E-state index contributed by atoms with van der Waals surface area (Å²) in [7, 11) is 0. The number of nitrogens with zero attached hydrogens (tertiary/aromatic N) is 2. The second kappa shape index (κ2) is 8.18. The van der Waals surface area contributed by atoms with Crippen LogP contribution in [0.5, 0.6) is 11.5 Å². The van der Waals surface area contributed by atoms with Crippen molar-refractivity contribution in [1.82, 2.24) is 10.2 Å². The Balaban J connectivity index is 1.66. The minimum atomic E-state index is -0.737. The van der Waals surface area contributed by atoms with Gasteiger partial charge in [0.05, 0.1) is 25.8 Å². The van der Waals surface area contributed by atoms with Crippen molar-refractivity contribution in [2.75, 3.05) is 26.3 Å². The number of nitriles is 1. The molecule has 1 aromatic rings. The van der Waals surface area contributed by atoms with Crippen LogP contribution in [0.3, 0.4) is 0 Å². The molecule has 6 nitrogen and oxygen atoms in total. The first-order valence-corrected chi connectivity index (χ1v) is 9.85. The van der Waals surface area contributed by atoms with Crippen LogP contribution in [0.2, 0.25) is 0 Å². The van der Waals surface area contributed by atoms with Crippen LogP contribution in [-0.2, 0) is 17.8 Å². The number of rotatable bonds is 8. The first-order valence-electron chi connectivity index (χ1n) is 9.85. The number of ether oxygens (including phenoxy) is 2. The van der Waals surface area contributed by atoms with E-state index in [0.29, 0.717) is 32.2 Å². The minimum absolute atomic E-state index is 0.0784. The molecule has 27 heavy (non-hydrogen) atoms. The summed E-state index contributed by atoms with van der Waals surface area (Å²) in [6.45, 7) is 8.75. The van der Waals surface area contributed by atoms with Crippen LogP contribution in [0.1, 0.15) is 44.7 Å². The molecule has 0 bridgehead atoms. The lowest BCUT2D eigenvalue weighted by atomic mass is 9.97. The molecule has 1 aliphatic heterocycles. The number of carbonyl (C=O) groups excluding carboxylic acids is 1. The van der Waals surface area contributed by atoms with Gasteiger partial charge in [-0.2, -0.15) is 5.26 Å². The molecule has 1 atom stereocenters. The summed E-state index contributed by atoms with van der Waals surface area (Å²) in [5, 5.41) is 12.4. The van der Waals surface area contributed by atoms with Crippen molar-refractivity contribution in [3.05, 3.63) is 23.3 Å². The lowest BCUT2D eigenvalue weighted by molar-refractivity contribution is -0.123. The van der Waals surface area contributed by atoms with Crippen molar-refractivity contribution >= 4 is 5.91 Å². The number of fused-ring (bicyclic) bond motifs is 1. The van der Waals surface area contributed by atoms with Gasteiger partial charge in [0.2, 0.25) is 5.91 Å². The fourth-order valence-corrected chi connectivity index (χ4v) is 3.71. The smallest absolute Gasteiger partial charge is 0.235 e. The Morgan fingerprint density at radius 1 is 1.26 bits per heavy atom. The quantitative estimate of drug-likeness (QED) is 0.760. The molecule has 1 N–H and O–H groups in total. The lowest BCUT2D eigenvalue weighted by Crippen LogP contribution is -2.50. The molecule has 2 aliphatic rings. The fraction of sp³-hybridized carbons (Fsp3) is 0.619. The maximum absolute atomic E-state index is 12.5. The molecular weight excluding hydrogens is 342 g/mol. The average molecular weight is 371 g/mol. The third kappa shape index (κ3) is 4.54. The number of amides is 1. The van der Waals surface area contributed by atoms with Crippen LogP contribution >= 0.6 is 0 Å². The zero-order valence-corrected chi connectivity index (χ0v) is 16.5. The number of benzene rings is 1. The van der Waals surface area contributed by atoms with Gasteiger partial charge in [-0.05, 0) is 69.2 Å². The van der Waals surface area contributed by atoms with Gasteiger partial charge < -0.3 is 14.8 Å². The van der Waals surface area contributed by atoms with E-state index in [-0.39, 0.29) is 5.91 Å². The highest BCUT2D eigenvalue weighted by Crippen LogP contribution is 2.39. The van der Waals surface area contributed by atoms with E-state index < -0.39 is 5.54 Å². The Hall–Kier alpha value is -2.26. The average Bonchev–Trinajstić information content (AvgIpc) is 3.48. The van der Waals surface area contributed by atoms with Crippen molar-refractivity contribution in [3.63, 3.8) is 0 Å². The molecule has 1 fully saturated rings. The van der Waals surface area contributed by atoms with E-state index >= 15 is 0 Å². The van der Waals surface area contributed by atoms with Crippen LogP contribution in [0.4, 0.5) is 0 Å². The SMILES string of the molecule is CCOc1cc2c(cc1OCC)CN(CC(=O)N[C@@](C)(C#N)C1CC1)CC2. The summed E-state index contributed by atoms with van der Waals surface area (Å²) in [4.78, 5) is 14.6. The zero-order chi connectivity index (χ0) is 19.4. The van der Waals surface area contributed by atoms with Crippen LogP contribution in [-0.4, -0.2) is 42.6 Å². The molecule has 1 amide bonds. The summed E-state index contributed by atoms with van der Waals surface area (Å²) in [5.41, 5.74) is 1.68. The topological polar surface area (TPSA) is 74.6 Å². The highest BCUT2D eigenvalue weighted by molar-refractivity contribution is 5.79. The Kier molecular flexibility index (Phi) is 5.91. The van der Waals surface area contributed by atoms with Crippen LogP contribution in [0.15, 0.2) is 12.1 Å². The zero-order valence-electron chi connectivity index (χ0n) is 16.5. The molecular formula is C21H29N3O3. The van der Waals surface area contributed by atoms with E-state index in [9.17, 15) is 10.1 Å². The highest BCUT2D eigenvalue weighted by Gasteiger charge is 2.43. The Labute approximate surface area is 161 Å². The highest BCUT2D eigenvalue weighted by atomic mass is 16.5. The van der Waals surface area contributed by atoms with Gasteiger partial charge in [0.25, 0.3) is 0 Å². The van der Waals surface area contributed by atoms with Crippen molar-refractivity contribution in [2.45, 2.75) is 52.1 Å². The molecule has 1 aliphatic carbocycles. The summed E-state index contributed by atoms with van der Waals surface area (Å²) < 4.78 is 11.4. The van der Waals surface area contributed by atoms with E-state index in [2.05, 4.69) is 22.4 Å². The van der Waals surface area contributed by atoms with Gasteiger partial charge >= 0.3 is 0 Å². The monoisotopic (exact) mass is 371 g/mol. The van der Waals surface area contributed by atoms with E-state index in [1.165, 1.54) is 11.1 Å².